The van der Waals surface area contributed by atoms with E-state index in [0.29, 0.717) is 18.6 Å². The molecule has 2 fully saturated rings. The molecule has 1 aliphatic heterocycles. The quantitative estimate of drug-likeness (QED) is 0.334. The predicted octanol–water partition coefficient (Wildman–Crippen LogP) is 5.06. The number of benzene rings is 2. The van der Waals surface area contributed by atoms with Crippen LogP contribution < -0.4 is 4.74 Å². The zero-order valence-electron chi connectivity index (χ0n) is 21.9. The summed E-state index contributed by atoms with van der Waals surface area (Å²) in [6.45, 7) is 4.14. The van der Waals surface area contributed by atoms with E-state index in [2.05, 4.69) is 6.08 Å². The molecule has 0 bridgehead atoms. The van der Waals surface area contributed by atoms with Crippen LogP contribution in [0.5, 0.6) is 5.75 Å². The normalized spacial score (nSPS) is 25.8. The van der Waals surface area contributed by atoms with Crippen LogP contribution >= 0.6 is 0 Å². The van der Waals surface area contributed by atoms with Gasteiger partial charge in [-0.1, -0.05) is 42.8 Å². The fraction of sp³-hybridized carbons (Fsp3) is 0.500. The highest BCUT2D eigenvalue weighted by molar-refractivity contribution is 5.89. The highest BCUT2D eigenvalue weighted by Crippen LogP contribution is 2.35. The molecule has 1 saturated carbocycles. The third-order valence-electron chi connectivity index (χ3n) is 6.89. The minimum Gasteiger partial charge on any atom is -0.497 e. The highest BCUT2D eigenvalue weighted by Gasteiger charge is 2.45. The van der Waals surface area contributed by atoms with E-state index in [1.165, 1.54) is 0 Å². The van der Waals surface area contributed by atoms with Gasteiger partial charge in [-0.3, -0.25) is 0 Å². The molecular weight excluding hydrogens is 472 g/mol. The van der Waals surface area contributed by atoms with Gasteiger partial charge in [0.2, 0.25) is 0 Å². The van der Waals surface area contributed by atoms with Crippen molar-refractivity contribution in [2.45, 2.75) is 76.3 Å². The molecule has 1 aliphatic carbocycles. The lowest BCUT2D eigenvalue weighted by Gasteiger charge is -2.25. The van der Waals surface area contributed by atoms with Crippen LogP contribution in [0.4, 0.5) is 0 Å². The second-order valence-electron chi connectivity index (χ2n) is 10.1. The Morgan fingerprint density at radius 3 is 2.57 bits per heavy atom. The Balaban J connectivity index is 1.47. The molecule has 2 aromatic rings. The molecule has 1 N–H and O–H groups in total. The van der Waals surface area contributed by atoms with Crippen LogP contribution in [-0.2, 0) is 25.6 Å². The topological polar surface area (TPSA) is 83.5 Å². The second kappa shape index (κ2) is 12.7. The lowest BCUT2D eigenvalue weighted by atomic mass is 10.0. The Morgan fingerprint density at radius 1 is 1.11 bits per heavy atom. The molecule has 3 unspecified atom stereocenters. The number of hydrogen-bond donors (Lipinski definition) is 1. The third-order valence-corrected chi connectivity index (χ3v) is 6.89. The van der Waals surface area contributed by atoms with Gasteiger partial charge in [0.15, 0.2) is 5.79 Å². The minimum absolute atomic E-state index is 0.0480. The van der Waals surface area contributed by atoms with Gasteiger partial charge in [0, 0.05) is 12.5 Å². The third kappa shape index (κ3) is 7.42. The summed E-state index contributed by atoms with van der Waals surface area (Å²) in [5, 5.41) is 9.59. The van der Waals surface area contributed by atoms with Gasteiger partial charge >= 0.3 is 5.97 Å². The van der Waals surface area contributed by atoms with Crippen LogP contribution in [0.1, 0.15) is 55.5 Å². The Morgan fingerprint density at radius 2 is 1.86 bits per heavy atom. The molecule has 0 amide bonds. The van der Waals surface area contributed by atoms with E-state index in [9.17, 15) is 9.90 Å². The molecule has 37 heavy (non-hydrogen) atoms. The van der Waals surface area contributed by atoms with Crippen molar-refractivity contribution in [3.63, 3.8) is 0 Å². The van der Waals surface area contributed by atoms with E-state index in [4.69, 9.17) is 23.7 Å². The van der Waals surface area contributed by atoms with Gasteiger partial charge in [-0.05, 0) is 69.0 Å². The van der Waals surface area contributed by atoms with Gasteiger partial charge in [0.05, 0.1) is 31.5 Å². The molecule has 0 aromatic heterocycles. The van der Waals surface area contributed by atoms with Crippen molar-refractivity contribution in [2.24, 2.45) is 5.92 Å². The zero-order chi connectivity index (χ0) is 26.3. The van der Waals surface area contributed by atoms with Crippen molar-refractivity contribution in [3.8, 4) is 5.75 Å². The van der Waals surface area contributed by atoms with Gasteiger partial charge in [0.25, 0.3) is 0 Å². The van der Waals surface area contributed by atoms with Gasteiger partial charge < -0.3 is 28.8 Å². The number of carbonyl (C=O) groups excluding carboxylic acids is 1. The van der Waals surface area contributed by atoms with Crippen LogP contribution in [0.3, 0.4) is 0 Å². The van der Waals surface area contributed by atoms with Crippen molar-refractivity contribution < 1.29 is 33.6 Å². The monoisotopic (exact) mass is 510 g/mol. The lowest BCUT2D eigenvalue weighted by molar-refractivity contribution is -0.153. The van der Waals surface area contributed by atoms with Crippen LogP contribution in [-0.4, -0.2) is 55.0 Å². The smallest absolute Gasteiger partial charge is 0.338 e. The molecule has 0 radical (unpaired) electrons. The van der Waals surface area contributed by atoms with Gasteiger partial charge in [-0.2, -0.15) is 0 Å². The molecule has 1 saturated heterocycles. The summed E-state index contributed by atoms with van der Waals surface area (Å²) in [5.41, 5.74) is 1.56. The Hall–Kier alpha value is -2.71. The highest BCUT2D eigenvalue weighted by atomic mass is 16.8. The molecule has 4 rings (SSSR count). The van der Waals surface area contributed by atoms with Gasteiger partial charge in [-0.25, -0.2) is 4.79 Å². The van der Waals surface area contributed by atoms with Crippen LogP contribution in [0.2, 0.25) is 0 Å². The van der Waals surface area contributed by atoms with E-state index < -0.39 is 30.1 Å². The van der Waals surface area contributed by atoms with E-state index in [1.807, 2.05) is 50.3 Å². The second-order valence-corrected chi connectivity index (χ2v) is 10.1. The molecule has 7 nitrogen and oxygen atoms in total. The molecule has 200 valence electrons. The molecule has 2 aliphatic rings. The number of aliphatic hydroxyl groups is 1. The first-order valence-electron chi connectivity index (χ1n) is 13.0. The first-order valence-corrected chi connectivity index (χ1v) is 13.0. The maximum Gasteiger partial charge on any atom is 0.338 e. The molecule has 2 aromatic carbocycles. The van der Waals surface area contributed by atoms with Gasteiger partial charge in [-0.15, -0.1) is 0 Å². The summed E-state index contributed by atoms with van der Waals surface area (Å²) >= 11 is 0. The zero-order valence-corrected chi connectivity index (χ0v) is 21.9. The summed E-state index contributed by atoms with van der Waals surface area (Å²) in [7, 11) is 1.65. The standard InChI is InChI=1S/C30H38O7/c1-30(2)36-27(18-19-31)28(37-30)26(35-29(32)23-8-5-4-6-9-23)17-14-22-10-7-11-25(22)34-20-21-12-15-24(33-3)16-13-21/h4-6,8-9,12-17,22,25-28,31H,7,10-11,18-20H2,1-3H3/b17-14-/t22-,25-,26?,27?,28?/m1/s1. The Kier molecular flexibility index (Phi) is 9.38. The van der Waals surface area contributed by atoms with Crippen molar-refractivity contribution >= 4 is 5.97 Å². The number of rotatable bonds is 11. The van der Waals surface area contributed by atoms with Crippen LogP contribution in [0, 0.1) is 5.92 Å². The summed E-state index contributed by atoms with van der Waals surface area (Å²) in [5.74, 6) is -0.247. The van der Waals surface area contributed by atoms with Crippen molar-refractivity contribution in [1.29, 1.82) is 0 Å². The predicted molar refractivity (Wildman–Crippen MR) is 139 cm³/mol. The summed E-state index contributed by atoms with van der Waals surface area (Å²) in [6, 6.07) is 16.8. The van der Waals surface area contributed by atoms with E-state index in [-0.39, 0.29) is 18.6 Å². The SMILES string of the molecule is COc1ccc(CO[C@@H]2CCC[C@@H]2/C=C\C(OC(=O)c2ccccc2)C2OC(C)(C)OC2CCO)cc1. The average Bonchev–Trinajstić information content (AvgIpc) is 3.48. The van der Waals surface area contributed by atoms with Crippen molar-refractivity contribution in [3.05, 3.63) is 77.9 Å². The van der Waals surface area contributed by atoms with Crippen molar-refractivity contribution in [2.75, 3.05) is 13.7 Å². The van der Waals surface area contributed by atoms with Crippen LogP contribution in [0.25, 0.3) is 0 Å². The fourth-order valence-corrected chi connectivity index (χ4v) is 5.03. The largest absolute Gasteiger partial charge is 0.497 e. The number of carbonyl (C=O) groups is 1. The Bertz CT molecular complexity index is 1020. The summed E-state index contributed by atoms with van der Waals surface area (Å²) in [6.07, 6.45) is 5.91. The van der Waals surface area contributed by atoms with E-state index in [1.54, 1.807) is 31.4 Å². The molecular formula is C30H38O7. The van der Waals surface area contributed by atoms with E-state index >= 15 is 0 Å². The average molecular weight is 511 g/mol. The molecule has 1 heterocycles. The molecule has 5 atom stereocenters. The number of methoxy groups -OCH3 is 1. The maximum atomic E-state index is 13.0. The lowest BCUT2D eigenvalue weighted by Crippen LogP contribution is -2.38. The first kappa shape index (κ1) is 27.3. The van der Waals surface area contributed by atoms with Crippen molar-refractivity contribution in [1.82, 2.24) is 0 Å². The number of esters is 1. The summed E-state index contributed by atoms with van der Waals surface area (Å²) < 4.78 is 29.7. The van der Waals surface area contributed by atoms with Crippen LogP contribution in [0.15, 0.2) is 66.7 Å². The summed E-state index contributed by atoms with van der Waals surface area (Å²) in [4.78, 5) is 13.0. The number of hydrogen-bond acceptors (Lipinski definition) is 7. The number of aliphatic hydroxyl groups excluding tert-OH is 1. The molecule has 7 heteroatoms. The maximum absolute atomic E-state index is 13.0. The van der Waals surface area contributed by atoms with Gasteiger partial charge in [0.1, 0.15) is 18.0 Å². The fourth-order valence-electron chi connectivity index (χ4n) is 5.03. The number of ether oxygens (including phenoxy) is 5. The Labute approximate surface area is 219 Å². The van der Waals surface area contributed by atoms with E-state index in [0.717, 1.165) is 30.6 Å². The molecule has 0 spiro atoms. The first-order chi connectivity index (χ1) is 17.9. The minimum atomic E-state index is -0.840.